The summed E-state index contributed by atoms with van der Waals surface area (Å²) in [5.74, 6) is -0.364. The minimum Gasteiger partial charge on any atom is -0.508 e. The Kier molecular flexibility index (Phi) is 3.61. The summed E-state index contributed by atoms with van der Waals surface area (Å²) in [4.78, 5) is 14.7. The van der Waals surface area contributed by atoms with E-state index in [4.69, 9.17) is 0 Å². The van der Waals surface area contributed by atoms with Crippen molar-refractivity contribution in [2.45, 2.75) is 6.17 Å². The van der Waals surface area contributed by atoms with E-state index in [0.29, 0.717) is 11.3 Å². The van der Waals surface area contributed by atoms with E-state index >= 15 is 0 Å². The van der Waals surface area contributed by atoms with Crippen molar-refractivity contribution in [1.82, 2.24) is 0 Å². The van der Waals surface area contributed by atoms with Gasteiger partial charge in [-0.25, -0.2) is 4.39 Å². The van der Waals surface area contributed by atoms with Crippen molar-refractivity contribution in [1.29, 1.82) is 0 Å². The number of carbonyl (C=O) groups excluding carboxylic acids is 1. The molecule has 0 aromatic heterocycles. The molecular weight excluding hydrogens is 319 g/mol. The molecule has 0 radical (unpaired) electrons. The maximum atomic E-state index is 13.3. The van der Waals surface area contributed by atoms with Crippen molar-refractivity contribution in [3.8, 4) is 5.75 Å². The number of hydrogen-bond acceptors (Lipinski definition) is 3. The quantitative estimate of drug-likeness (QED) is 0.734. The smallest absolute Gasteiger partial charge is 0.262 e. The van der Waals surface area contributed by atoms with Gasteiger partial charge in [0.2, 0.25) is 0 Å². The van der Waals surface area contributed by atoms with Crippen molar-refractivity contribution < 1.29 is 14.3 Å². The predicted molar refractivity (Wildman–Crippen MR) is 94.1 cm³/mol. The van der Waals surface area contributed by atoms with Gasteiger partial charge in [0, 0.05) is 11.4 Å². The molecule has 0 aliphatic carbocycles. The number of phenolic OH excluding ortho intramolecular Hbond substituents is 1. The molecule has 4 nitrogen and oxygen atoms in total. The lowest BCUT2D eigenvalue weighted by Gasteiger charge is -2.38. The Bertz CT molecular complexity index is 923. The van der Waals surface area contributed by atoms with Crippen LogP contribution in [0.15, 0.2) is 72.8 Å². The highest BCUT2D eigenvalue weighted by molar-refractivity contribution is 6.12. The lowest BCUT2D eigenvalue weighted by molar-refractivity contribution is 0.0975. The molecule has 0 spiro atoms. The molecular formula is C20H15FN2O2. The zero-order valence-corrected chi connectivity index (χ0v) is 13.2. The number of nitrogens with one attached hydrogen (secondary N) is 1. The Labute approximate surface area is 144 Å². The molecule has 1 aliphatic rings. The molecule has 25 heavy (non-hydrogen) atoms. The van der Waals surface area contributed by atoms with Gasteiger partial charge in [-0.1, -0.05) is 24.3 Å². The SMILES string of the molecule is O=C1c2ccccc2NC(c2ccc(F)cc2)N1c1ccc(O)cc1. The van der Waals surface area contributed by atoms with Crippen LogP contribution in [0.2, 0.25) is 0 Å². The number of halogens is 1. The summed E-state index contributed by atoms with van der Waals surface area (Å²) < 4.78 is 13.3. The number of aromatic hydroxyl groups is 1. The van der Waals surface area contributed by atoms with Crippen molar-refractivity contribution in [3.05, 3.63) is 89.7 Å². The summed E-state index contributed by atoms with van der Waals surface area (Å²) in [5, 5.41) is 12.9. The first-order valence-corrected chi connectivity index (χ1v) is 7.87. The number of para-hydroxylation sites is 1. The van der Waals surface area contributed by atoms with Crippen LogP contribution in [0.5, 0.6) is 5.75 Å². The molecule has 0 fully saturated rings. The third-order valence-corrected chi connectivity index (χ3v) is 4.24. The molecule has 1 aliphatic heterocycles. The number of anilines is 2. The Balaban J connectivity index is 1.85. The number of hydrogen-bond donors (Lipinski definition) is 2. The molecule has 1 heterocycles. The fourth-order valence-corrected chi connectivity index (χ4v) is 3.01. The van der Waals surface area contributed by atoms with Crippen LogP contribution in [-0.2, 0) is 0 Å². The fourth-order valence-electron chi connectivity index (χ4n) is 3.01. The highest BCUT2D eigenvalue weighted by atomic mass is 19.1. The first-order chi connectivity index (χ1) is 12.1. The Hall–Kier alpha value is -3.34. The van der Waals surface area contributed by atoms with Crippen LogP contribution in [0.25, 0.3) is 0 Å². The zero-order chi connectivity index (χ0) is 17.4. The molecule has 1 amide bonds. The predicted octanol–water partition coefficient (Wildman–Crippen LogP) is 4.30. The van der Waals surface area contributed by atoms with E-state index in [1.807, 2.05) is 18.2 Å². The average molecular weight is 334 g/mol. The molecule has 1 atom stereocenters. The van der Waals surface area contributed by atoms with Gasteiger partial charge in [0.1, 0.15) is 17.7 Å². The molecule has 2 N–H and O–H groups in total. The van der Waals surface area contributed by atoms with E-state index in [1.54, 1.807) is 35.2 Å². The lowest BCUT2D eigenvalue weighted by Crippen LogP contribution is -2.43. The Morgan fingerprint density at radius 2 is 1.60 bits per heavy atom. The number of benzene rings is 3. The first-order valence-electron chi connectivity index (χ1n) is 7.87. The second-order valence-corrected chi connectivity index (χ2v) is 5.84. The standard InChI is InChI=1S/C20H15FN2O2/c21-14-7-5-13(6-8-14)19-22-18-4-2-1-3-17(18)20(25)23(19)15-9-11-16(24)12-10-15/h1-12,19,22,24H. The van der Waals surface area contributed by atoms with Crippen molar-refractivity contribution in [3.63, 3.8) is 0 Å². The van der Waals surface area contributed by atoms with E-state index < -0.39 is 6.17 Å². The van der Waals surface area contributed by atoms with Crippen LogP contribution < -0.4 is 10.2 Å². The van der Waals surface area contributed by atoms with E-state index in [0.717, 1.165) is 11.3 Å². The molecule has 124 valence electrons. The van der Waals surface area contributed by atoms with Gasteiger partial charge in [-0.05, 0) is 54.1 Å². The molecule has 1 unspecified atom stereocenters. The van der Waals surface area contributed by atoms with Crippen molar-refractivity contribution in [2.75, 3.05) is 10.2 Å². The molecule has 0 saturated carbocycles. The van der Waals surface area contributed by atoms with E-state index in [2.05, 4.69) is 5.32 Å². The fraction of sp³-hybridized carbons (Fsp3) is 0.0500. The molecule has 0 bridgehead atoms. The Morgan fingerprint density at radius 3 is 2.32 bits per heavy atom. The maximum Gasteiger partial charge on any atom is 0.262 e. The van der Waals surface area contributed by atoms with E-state index in [9.17, 15) is 14.3 Å². The maximum absolute atomic E-state index is 13.3. The molecule has 3 aromatic rings. The Morgan fingerprint density at radius 1 is 0.920 bits per heavy atom. The molecule has 0 saturated heterocycles. The summed E-state index contributed by atoms with van der Waals surface area (Å²) in [6.45, 7) is 0. The third kappa shape index (κ3) is 2.70. The summed E-state index contributed by atoms with van der Waals surface area (Å²) >= 11 is 0. The highest BCUT2D eigenvalue weighted by Crippen LogP contribution is 2.36. The summed E-state index contributed by atoms with van der Waals surface area (Å²) in [6.07, 6.45) is -0.479. The highest BCUT2D eigenvalue weighted by Gasteiger charge is 2.33. The van der Waals surface area contributed by atoms with Crippen LogP contribution in [0.1, 0.15) is 22.1 Å². The molecule has 5 heteroatoms. The van der Waals surface area contributed by atoms with E-state index in [1.165, 1.54) is 24.3 Å². The second-order valence-electron chi connectivity index (χ2n) is 5.84. The summed E-state index contributed by atoms with van der Waals surface area (Å²) in [7, 11) is 0. The monoisotopic (exact) mass is 334 g/mol. The lowest BCUT2D eigenvalue weighted by atomic mass is 10.0. The van der Waals surface area contributed by atoms with Gasteiger partial charge in [-0.2, -0.15) is 0 Å². The van der Waals surface area contributed by atoms with Crippen LogP contribution in [0.3, 0.4) is 0 Å². The first kappa shape index (κ1) is 15.2. The van der Waals surface area contributed by atoms with Crippen molar-refractivity contribution in [2.24, 2.45) is 0 Å². The molecule has 3 aromatic carbocycles. The van der Waals surface area contributed by atoms with Crippen LogP contribution in [-0.4, -0.2) is 11.0 Å². The van der Waals surface area contributed by atoms with Gasteiger partial charge in [0.15, 0.2) is 0 Å². The number of nitrogens with zero attached hydrogens (tertiary/aromatic N) is 1. The topological polar surface area (TPSA) is 52.6 Å². The average Bonchev–Trinajstić information content (AvgIpc) is 2.63. The normalized spacial score (nSPS) is 16.3. The van der Waals surface area contributed by atoms with Gasteiger partial charge in [-0.3, -0.25) is 9.69 Å². The summed E-state index contributed by atoms with van der Waals surface area (Å²) in [6, 6.07) is 19.8. The number of carbonyl (C=O) groups is 1. The minimum atomic E-state index is -0.479. The van der Waals surface area contributed by atoms with Crippen LogP contribution in [0, 0.1) is 5.82 Å². The van der Waals surface area contributed by atoms with Gasteiger partial charge in [0.05, 0.1) is 5.56 Å². The minimum absolute atomic E-state index is 0.125. The van der Waals surface area contributed by atoms with Gasteiger partial charge in [0.25, 0.3) is 5.91 Å². The van der Waals surface area contributed by atoms with Gasteiger partial charge in [-0.15, -0.1) is 0 Å². The second kappa shape index (κ2) is 5.94. The number of fused-ring (bicyclic) bond motifs is 1. The zero-order valence-electron chi connectivity index (χ0n) is 13.2. The third-order valence-electron chi connectivity index (χ3n) is 4.24. The number of phenols is 1. The number of amides is 1. The van der Waals surface area contributed by atoms with Gasteiger partial charge >= 0.3 is 0 Å². The van der Waals surface area contributed by atoms with Gasteiger partial charge < -0.3 is 10.4 Å². The van der Waals surface area contributed by atoms with Crippen molar-refractivity contribution >= 4 is 17.3 Å². The largest absolute Gasteiger partial charge is 0.508 e. The van der Waals surface area contributed by atoms with Crippen LogP contribution in [0.4, 0.5) is 15.8 Å². The van der Waals surface area contributed by atoms with E-state index in [-0.39, 0.29) is 17.5 Å². The van der Waals surface area contributed by atoms with Crippen LogP contribution >= 0.6 is 0 Å². The molecule has 4 rings (SSSR count). The number of rotatable bonds is 2. The summed E-state index contributed by atoms with van der Waals surface area (Å²) in [5.41, 5.74) is 2.70.